The molecule has 0 spiro atoms. The lowest BCUT2D eigenvalue weighted by atomic mass is 10.1. The Hall–Kier alpha value is -1.82. The largest absolute Gasteiger partial charge is 0.353 e. The van der Waals surface area contributed by atoms with Gasteiger partial charge < -0.3 is 10.2 Å². The van der Waals surface area contributed by atoms with E-state index in [1.165, 1.54) is 6.08 Å². The molecular formula is C17H25ClN4O2. The number of aromatic nitrogens is 2. The summed E-state index contributed by atoms with van der Waals surface area (Å²) in [6.07, 6.45) is 5.86. The van der Waals surface area contributed by atoms with Gasteiger partial charge in [-0.2, -0.15) is 5.10 Å². The zero-order valence-electron chi connectivity index (χ0n) is 14.5. The number of amides is 2. The summed E-state index contributed by atoms with van der Waals surface area (Å²) in [7, 11) is 0. The van der Waals surface area contributed by atoms with Crippen molar-refractivity contribution in [1.29, 1.82) is 0 Å². The molecule has 24 heavy (non-hydrogen) atoms. The van der Waals surface area contributed by atoms with Crippen LogP contribution in [0, 0.1) is 6.92 Å². The van der Waals surface area contributed by atoms with Crippen LogP contribution in [0.15, 0.2) is 6.08 Å². The van der Waals surface area contributed by atoms with Gasteiger partial charge >= 0.3 is 0 Å². The molecule has 1 aliphatic heterocycles. The molecule has 1 aliphatic rings. The van der Waals surface area contributed by atoms with Crippen molar-refractivity contribution in [2.75, 3.05) is 13.1 Å². The SMILES string of the molecule is CCCCn1nc(C)c(/C=C/C(=O)N2CCNC(=O)C2CC)c1Cl. The van der Waals surface area contributed by atoms with Gasteiger partial charge in [0.1, 0.15) is 11.2 Å². The number of halogens is 1. The van der Waals surface area contributed by atoms with Crippen LogP contribution in [0.1, 0.15) is 44.4 Å². The van der Waals surface area contributed by atoms with E-state index in [4.69, 9.17) is 11.6 Å². The first-order valence-corrected chi connectivity index (χ1v) is 8.86. The van der Waals surface area contributed by atoms with E-state index >= 15 is 0 Å². The van der Waals surface area contributed by atoms with E-state index < -0.39 is 6.04 Å². The lowest BCUT2D eigenvalue weighted by Crippen LogP contribution is -2.56. The van der Waals surface area contributed by atoms with Crippen LogP contribution < -0.4 is 5.32 Å². The Morgan fingerprint density at radius 2 is 2.21 bits per heavy atom. The number of unbranched alkanes of at least 4 members (excludes halogenated alkanes) is 1. The molecule has 2 heterocycles. The third-order valence-electron chi connectivity index (χ3n) is 4.23. The fourth-order valence-corrected chi connectivity index (χ4v) is 3.17. The van der Waals surface area contributed by atoms with Crippen LogP contribution in [0.2, 0.25) is 5.15 Å². The van der Waals surface area contributed by atoms with E-state index in [0.29, 0.717) is 24.7 Å². The van der Waals surface area contributed by atoms with Crippen molar-refractivity contribution in [3.63, 3.8) is 0 Å². The molecule has 2 amide bonds. The van der Waals surface area contributed by atoms with E-state index in [-0.39, 0.29) is 11.8 Å². The van der Waals surface area contributed by atoms with Gasteiger partial charge in [0.15, 0.2) is 0 Å². The summed E-state index contributed by atoms with van der Waals surface area (Å²) in [5.41, 5.74) is 1.55. The molecular weight excluding hydrogens is 328 g/mol. The lowest BCUT2D eigenvalue weighted by Gasteiger charge is -2.33. The molecule has 7 heteroatoms. The van der Waals surface area contributed by atoms with E-state index in [2.05, 4.69) is 17.3 Å². The Labute approximate surface area is 147 Å². The van der Waals surface area contributed by atoms with Crippen molar-refractivity contribution < 1.29 is 9.59 Å². The Kier molecular flexibility index (Phi) is 6.43. The number of hydrogen-bond acceptors (Lipinski definition) is 3. The van der Waals surface area contributed by atoms with E-state index in [0.717, 1.165) is 30.6 Å². The highest BCUT2D eigenvalue weighted by atomic mass is 35.5. The second-order valence-electron chi connectivity index (χ2n) is 5.95. The van der Waals surface area contributed by atoms with Crippen LogP contribution >= 0.6 is 11.6 Å². The normalized spacial score (nSPS) is 18.2. The molecule has 0 bridgehead atoms. The third-order valence-corrected chi connectivity index (χ3v) is 4.62. The summed E-state index contributed by atoms with van der Waals surface area (Å²) in [6.45, 7) is 7.67. The molecule has 0 radical (unpaired) electrons. The van der Waals surface area contributed by atoms with Gasteiger partial charge in [0.2, 0.25) is 11.8 Å². The van der Waals surface area contributed by atoms with Crippen molar-refractivity contribution in [1.82, 2.24) is 20.0 Å². The molecule has 1 saturated heterocycles. The molecule has 0 saturated carbocycles. The molecule has 0 aromatic carbocycles. The number of carbonyl (C=O) groups is 2. The molecule has 2 rings (SSSR count). The second kappa shape index (κ2) is 8.33. The number of piperazine rings is 1. The number of hydrogen-bond donors (Lipinski definition) is 1. The smallest absolute Gasteiger partial charge is 0.247 e. The van der Waals surface area contributed by atoms with Crippen LogP contribution in [0.3, 0.4) is 0 Å². The van der Waals surface area contributed by atoms with Crippen molar-refractivity contribution in [3.8, 4) is 0 Å². The Morgan fingerprint density at radius 1 is 1.46 bits per heavy atom. The van der Waals surface area contributed by atoms with Gasteiger partial charge in [-0.25, -0.2) is 0 Å². The summed E-state index contributed by atoms with van der Waals surface area (Å²) >= 11 is 6.37. The fraction of sp³-hybridized carbons (Fsp3) is 0.588. The molecule has 1 aromatic heterocycles. The van der Waals surface area contributed by atoms with Gasteiger partial charge in [0.25, 0.3) is 0 Å². The summed E-state index contributed by atoms with van der Waals surface area (Å²) < 4.78 is 1.77. The standard InChI is InChI=1S/C17H25ClN4O2/c1-4-6-10-22-16(18)13(12(3)20-22)7-8-15(23)21-11-9-19-17(24)14(21)5-2/h7-8,14H,4-6,9-11H2,1-3H3,(H,19,24)/b8-7+. The summed E-state index contributed by atoms with van der Waals surface area (Å²) in [5.74, 6) is -0.263. The van der Waals surface area contributed by atoms with E-state index in [1.807, 2.05) is 13.8 Å². The highest BCUT2D eigenvalue weighted by molar-refractivity contribution is 6.31. The molecule has 0 aliphatic carbocycles. The van der Waals surface area contributed by atoms with E-state index in [9.17, 15) is 9.59 Å². The van der Waals surface area contributed by atoms with Gasteiger partial charge in [0, 0.05) is 31.3 Å². The molecule has 6 nitrogen and oxygen atoms in total. The lowest BCUT2D eigenvalue weighted by molar-refractivity contribution is -0.140. The van der Waals surface area contributed by atoms with Crippen molar-refractivity contribution in [2.24, 2.45) is 0 Å². The highest BCUT2D eigenvalue weighted by Crippen LogP contribution is 2.22. The Bertz CT molecular complexity index is 639. The van der Waals surface area contributed by atoms with Gasteiger partial charge in [-0.3, -0.25) is 14.3 Å². The van der Waals surface area contributed by atoms with Gasteiger partial charge in [-0.1, -0.05) is 31.9 Å². The summed E-state index contributed by atoms with van der Waals surface area (Å²) in [6, 6.07) is -0.403. The number of carbonyl (C=O) groups excluding carboxylic acids is 2. The molecule has 1 N–H and O–H groups in total. The summed E-state index contributed by atoms with van der Waals surface area (Å²) in [4.78, 5) is 26.0. The minimum Gasteiger partial charge on any atom is -0.353 e. The first-order valence-electron chi connectivity index (χ1n) is 8.48. The molecule has 1 aromatic rings. The maximum absolute atomic E-state index is 12.5. The van der Waals surface area contributed by atoms with Crippen LogP contribution in [0.5, 0.6) is 0 Å². The second-order valence-corrected chi connectivity index (χ2v) is 6.30. The first kappa shape index (κ1) is 18.5. The third kappa shape index (κ3) is 3.98. The monoisotopic (exact) mass is 352 g/mol. The Balaban J connectivity index is 2.14. The van der Waals surface area contributed by atoms with Crippen molar-refractivity contribution in [2.45, 2.75) is 52.6 Å². The fourth-order valence-electron chi connectivity index (χ4n) is 2.85. The minimum absolute atomic E-state index is 0.0906. The van der Waals surface area contributed by atoms with Crippen molar-refractivity contribution in [3.05, 3.63) is 22.5 Å². The highest BCUT2D eigenvalue weighted by Gasteiger charge is 2.30. The molecule has 1 unspecified atom stereocenters. The predicted molar refractivity (Wildman–Crippen MR) is 94.7 cm³/mol. The zero-order chi connectivity index (χ0) is 17.7. The number of nitrogens with zero attached hydrogens (tertiary/aromatic N) is 3. The molecule has 132 valence electrons. The minimum atomic E-state index is -0.403. The topological polar surface area (TPSA) is 67.2 Å². The van der Waals surface area contributed by atoms with Gasteiger partial charge in [0.05, 0.1) is 5.69 Å². The summed E-state index contributed by atoms with van der Waals surface area (Å²) in [5, 5.41) is 7.77. The maximum atomic E-state index is 12.5. The van der Waals surface area contributed by atoms with Crippen LogP contribution in [0.25, 0.3) is 6.08 Å². The van der Waals surface area contributed by atoms with Crippen LogP contribution in [-0.4, -0.2) is 45.6 Å². The first-order chi connectivity index (χ1) is 11.5. The average molecular weight is 353 g/mol. The predicted octanol–water partition coefficient (Wildman–Crippen LogP) is 2.40. The van der Waals surface area contributed by atoms with E-state index in [1.54, 1.807) is 15.7 Å². The van der Waals surface area contributed by atoms with Gasteiger partial charge in [-0.15, -0.1) is 0 Å². The van der Waals surface area contributed by atoms with Crippen LogP contribution in [0.4, 0.5) is 0 Å². The van der Waals surface area contributed by atoms with Crippen molar-refractivity contribution >= 4 is 29.5 Å². The Morgan fingerprint density at radius 3 is 2.88 bits per heavy atom. The average Bonchev–Trinajstić information content (AvgIpc) is 2.84. The number of rotatable bonds is 6. The zero-order valence-corrected chi connectivity index (χ0v) is 15.3. The van der Waals surface area contributed by atoms with Gasteiger partial charge in [-0.05, 0) is 25.8 Å². The maximum Gasteiger partial charge on any atom is 0.247 e. The number of aryl methyl sites for hydroxylation is 2. The van der Waals surface area contributed by atoms with Crippen LogP contribution in [-0.2, 0) is 16.1 Å². The number of nitrogens with one attached hydrogen (secondary N) is 1. The molecule has 1 fully saturated rings. The molecule has 1 atom stereocenters. The quantitative estimate of drug-likeness (QED) is 0.799.